The summed E-state index contributed by atoms with van der Waals surface area (Å²) in [5.41, 5.74) is 0. The Bertz CT molecular complexity index is 355. The maximum atomic E-state index is 12.0. The maximum absolute atomic E-state index is 12.0. The van der Waals surface area contributed by atoms with Gasteiger partial charge in [0.25, 0.3) is 0 Å². The van der Waals surface area contributed by atoms with Crippen LogP contribution in [-0.2, 0) is 4.79 Å². The minimum atomic E-state index is -0.387. The summed E-state index contributed by atoms with van der Waals surface area (Å²) in [4.78, 5) is 25.8. The van der Waals surface area contributed by atoms with Crippen LogP contribution in [0, 0.1) is 5.92 Å². The SMILES string of the molecule is CC(C)NC(=O)NC(=O)CN1CCC[C@H]2CCCC[C@@H]21. The van der Waals surface area contributed by atoms with E-state index < -0.39 is 0 Å². The first kappa shape index (κ1) is 15.3. The summed E-state index contributed by atoms with van der Waals surface area (Å²) in [6.07, 6.45) is 7.58. The smallest absolute Gasteiger partial charge is 0.321 e. The highest BCUT2D eigenvalue weighted by Crippen LogP contribution is 2.34. The van der Waals surface area contributed by atoms with E-state index in [1.807, 2.05) is 13.8 Å². The Kier molecular flexibility index (Phi) is 5.40. The van der Waals surface area contributed by atoms with E-state index in [1.165, 1.54) is 38.5 Å². The van der Waals surface area contributed by atoms with E-state index in [9.17, 15) is 9.59 Å². The number of nitrogens with zero attached hydrogens (tertiary/aromatic N) is 1. The molecule has 0 bridgehead atoms. The molecule has 1 saturated heterocycles. The molecule has 3 amide bonds. The minimum Gasteiger partial charge on any atom is -0.336 e. The summed E-state index contributed by atoms with van der Waals surface area (Å²) >= 11 is 0. The molecule has 114 valence electrons. The van der Waals surface area contributed by atoms with E-state index in [1.54, 1.807) is 0 Å². The lowest BCUT2D eigenvalue weighted by molar-refractivity contribution is -0.122. The van der Waals surface area contributed by atoms with Gasteiger partial charge in [0.2, 0.25) is 5.91 Å². The summed E-state index contributed by atoms with van der Waals surface area (Å²) in [6, 6.07) is 0.208. The number of nitrogens with one attached hydrogen (secondary N) is 2. The Morgan fingerprint density at radius 3 is 2.60 bits per heavy atom. The van der Waals surface area contributed by atoms with Crippen molar-refractivity contribution >= 4 is 11.9 Å². The summed E-state index contributed by atoms with van der Waals surface area (Å²) in [7, 11) is 0. The lowest BCUT2D eigenvalue weighted by Crippen LogP contribution is -2.52. The normalized spacial score (nSPS) is 26.9. The molecule has 1 aliphatic carbocycles. The molecule has 2 rings (SSSR count). The molecule has 1 saturated carbocycles. The first-order chi connectivity index (χ1) is 9.56. The van der Waals surface area contributed by atoms with Crippen molar-refractivity contribution in [2.45, 2.75) is 64.5 Å². The van der Waals surface area contributed by atoms with Gasteiger partial charge in [0.1, 0.15) is 0 Å². The first-order valence-corrected chi connectivity index (χ1v) is 7.90. The van der Waals surface area contributed by atoms with Crippen LogP contribution in [0.4, 0.5) is 4.79 Å². The third kappa shape index (κ3) is 4.20. The number of rotatable bonds is 3. The number of hydrogen-bond donors (Lipinski definition) is 2. The van der Waals surface area contributed by atoms with E-state index >= 15 is 0 Å². The molecular weight excluding hydrogens is 254 g/mol. The molecule has 0 unspecified atom stereocenters. The van der Waals surface area contributed by atoms with Gasteiger partial charge in [0.05, 0.1) is 6.54 Å². The highest BCUT2D eigenvalue weighted by atomic mass is 16.2. The Hall–Kier alpha value is -1.10. The van der Waals surface area contributed by atoms with Crippen molar-refractivity contribution in [3.63, 3.8) is 0 Å². The lowest BCUT2D eigenvalue weighted by atomic mass is 9.78. The predicted molar refractivity (Wildman–Crippen MR) is 78.4 cm³/mol. The van der Waals surface area contributed by atoms with Crippen LogP contribution in [0.15, 0.2) is 0 Å². The average molecular weight is 281 g/mol. The molecular formula is C15H27N3O2. The maximum Gasteiger partial charge on any atom is 0.321 e. The molecule has 0 aromatic carbocycles. The topological polar surface area (TPSA) is 61.4 Å². The van der Waals surface area contributed by atoms with E-state index in [-0.39, 0.29) is 18.0 Å². The molecule has 1 aliphatic heterocycles. The van der Waals surface area contributed by atoms with Crippen LogP contribution < -0.4 is 10.6 Å². The second kappa shape index (κ2) is 7.07. The molecule has 2 atom stereocenters. The Morgan fingerprint density at radius 2 is 1.85 bits per heavy atom. The zero-order valence-electron chi connectivity index (χ0n) is 12.7. The van der Waals surface area contributed by atoms with E-state index in [0.29, 0.717) is 12.6 Å². The quantitative estimate of drug-likeness (QED) is 0.830. The number of carbonyl (C=O) groups is 2. The Balaban J connectivity index is 1.82. The first-order valence-electron chi connectivity index (χ1n) is 7.90. The van der Waals surface area contributed by atoms with Gasteiger partial charge >= 0.3 is 6.03 Å². The molecule has 0 radical (unpaired) electrons. The third-order valence-electron chi connectivity index (χ3n) is 4.38. The number of hydrogen-bond acceptors (Lipinski definition) is 3. The van der Waals surface area contributed by atoms with Crippen molar-refractivity contribution in [1.82, 2.24) is 15.5 Å². The fourth-order valence-corrected chi connectivity index (χ4v) is 3.57. The van der Waals surface area contributed by atoms with Crippen molar-refractivity contribution < 1.29 is 9.59 Å². The number of amides is 3. The Morgan fingerprint density at radius 1 is 1.15 bits per heavy atom. The summed E-state index contributed by atoms with van der Waals surface area (Å²) in [5, 5.41) is 5.10. The highest BCUT2D eigenvalue weighted by molar-refractivity contribution is 5.95. The Labute approximate surface area is 121 Å². The van der Waals surface area contributed by atoms with Crippen molar-refractivity contribution in [2.24, 2.45) is 5.92 Å². The molecule has 2 fully saturated rings. The molecule has 1 heterocycles. The monoisotopic (exact) mass is 281 g/mol. The molecule has 0 aromatic rings. The van der Waals surface area contributed by atoms with Crippen LogP contribution in [0.25, 0.3) is 0 Å². The van der Waals surface area contributed by atoms with Crippen molar-refractivity contribution in [2.75, 3.05) is 13.1 Å². The fraction of sp³-hybridized carbons (Fsp3) is 0.867. The molecule has 2 aliphatic rings. The predicted octanol–water partition coefficient (Wildman–Crippen LogP) is 1.88. The number of urea groups is 1. The van der Waals surface area contributed by atoms with Crippen molar-refractivity contribution in [3.05, 3.63) is 0 Å². The number of imide groups is 1. The van der Waals surface area contributed by atoms with Gasteiger partial charge in [-0.2, -0.15) is 0 Å². The molecule has 5 heteroatoms. The molecule has 0 aromatic heterocycles. The van der Waals surface area contributed by atoms with E-state index in [4.69, 9.17) is 0 Å². The highest BCUT2D eigenvalue weighted by Gasteiger charge is 2.33. The van der Waals surface area contributed by atoms with Gasteiger partial charge < -0.3 is 5.32 Å². The van der Waals surface area contributed by atoms with Crippen molar-refractivity contribution in [3.8, 4) is 0 Å². The number of likely N-dealkylation sites (tertiary alicyclic amines) is 1. The summed E-state index contributed by atoms with van der Waals surface area (Å²) < 4.78 is 0. The largest absolute Gasteiger partial charge is 0.336 e. The minimum absolute atomic E-state index is 0.0421. The fourth-order valence-electron chi connectivity index (χ4n) is 3.57. The van der Waals surface area contributed by atoms with Crippen LogP contribution in [0.1, 0.15) is 52.4 Å². The molecule has 2 N–H and O–H groups in total. The molecule has 20 heavy (non-hydrogen) atoms. The van der Waals surface area contributed by atoms with Crippen LogP contribution in [-0.4, -0.2) is 42.0 Å². The second-order valence-corrected chi connectivity index (χ2v) is 6.40. The molecule has 0 spiro atoms. The third-order valence-corrected chi connectivity index (χ3v) is 4.38. The number of carbonyl (C=O) groups excluding carboxylic acids is 2. The van der Waals surface area contributed by atoms with Gasteiger partial charge in [-0.3, -0.25) is 15.0 Å². The second-order valence-electron chi connectivity index (χ2n) is 6.40. The standard InChI is InChI=1S/C15H27N3O2/c1-11(2)16-15(20)17-14(19)10-18-9-5-7-12-6-3-4-8-13(12)18/h11-13H,3-10H2,1-2H3,(H2,16,17,19,20)/t12-,13+/m1/s1. The summed E-state index contributed by atoms with van der Waals surface area (Å²) in [6.45, 7) is 5.09. The van der Waals surface area contributed by atoms with Crippen molar-refractivity contribution in [1.29, 1.82) is 0 Å². The van der Waals surface area contributed by atoms with Crippen LogP contribution in [0.3, 0.4) is 0 Å². The number of fused-ring (bicyclic) bond motifs is 1. The van der Waals surface area contributed by atoms with E-state index in [2.05, 4.69) is 15.5 Å². The zero-order chi connectivity index (χ0) is 14.5. The molecule has 5 nitrogen and oxygen atoms in total. The van der Waals surface area contributed by atoms with E-state index in [0.717, 1.165) is 12.5 Å². The lowest BCUT2D eigenvalue weighted by Gasteiger charge is -2.43. The van der Waals surface area contributed by atoms with Crippen LogP contribution in [0.5, 0.6) is 0 Å². The zero-order valence-corrected chi connectivity index (χ0v) is 12.7. The number of piperidine rings is 1. The van der Waals surface area contributed by atoms with Gasteiger partial charge in [0.15, 0.2) is 0 Å². The van der Waals surface area contributed by atoms with Gasteiger partial charge in [-0.1, -0.05) is 12.8 Å². The van der Waals surface area contributed by atoms with Gasteiger partial charge in [-0.15, -0.1) is 0 Å². The van der Waals surface area contributed by atoms with Gasteiger partial charge in [-0.05, 0) is 52.0 Å². The summed E-state index contributed by atoms with van der Waals surface area (Å²) in [5.74, 6) is 0.573. The van der Waals surface area contributed by atoms with Gasteiger partial charge in [0, 0.05) is 12.1 Å². The average Bonchev–Trinajstić information content (AvgIpc) is 2.38. The van der Waals surface area contributed by atoms with Crippen LogP contribution in [0.2, 0.25) is 0 Å². The van der Waals surface area contributed by atoms with Gasteiger partial charge in [-0.25, -0.2) is 4.79 Å². The van der Waals surface area contributed by atoms with Crippen LogP contribution >= 0.6 is 0 Å².